The molecule has 8 heteroatoms. The molecule has 1 aromatic heterocycles. The van der Waals surface area contributed by atoms with Gasteiger partial charge in [-0.25, -0.2) is 18.5 Å². The van der Waals surface area contributed by atoms with E-state index in [0.29, 0.717) is 0 Å². The molecule has 1 aliphatic rings. The van der Waals surface area contributed by atoms with E-state index in [1.54, 1.807) is 0 Å². The number of carbonyl (C=O) groups is 1. The molecule has 1 N–H and O–H groups in total. The molecule has 3 rings (SSSR count). The van der Waals surface area contributed by atoms with Crippen LogP contribution in [0.4, 0.5) is 14.9 Å². The molecule has 25 heavy (non-hydrogen) atoms. The van der Waals surface area contributed by atoms with Gasteiger partial charge in [-0.1, -0.05) is 13.2 Å². The van der Waals surface area contributed by atoms with Crippen LogP contribution in [0.25, 0.3) is 17.8 Å². The summed E-state index contributed by atoms with van der Waals surface area (Å²) in [5.74, 6) is -1.34. The van der Waals surface area contributed by atoms with E-state index in [2.05, 4.69) is 13.2 Å². The fraction of sp³-hybridized carbons (Fsp3) is 0.176. The van der Waals surface area contributed by atoms with Gasteiger partial charge >= 0.3 is 11.8 Å². The van der Waals surface area contributed by atoms with Crippen LogP contribution >= 0.6 is 0 Å². The number of hydrogen-bond acceptors (Lipinski definition) is 5. The molecule has 2 aromatic rings. The Hall–Kier alpha value is -3.13. The second-order valence-electron chi connectivity index (χ2n) is 5.30. The Balaban J connectivity index is 2.03. The van der Waals surface area contributed by atoms with Crippen LogP contribution in [0.15, 0.2) is 40.6 Å². The van der Waals surface area contributed by atoms with E-state index < -0.39 is 23.8 Å². The van der Waals surface area contributed by atoms with E-state index in [1.165, 1.54) is 29.2 Å². The van der Waals surface area contributed by atoms with E-state index >= 15 is 0 Å². The minimum atomic E-state index is -0.780. The number of halogens is 1. The van der Waals surface area contributed by atoms with Gasteiger partial charge < -0.3 is 14.3 Å². The van der Waals surface area contributed by atoms with Crippen LogP contribution < -0.4 is 10.7 Å². The average Bonchev–Trinajstić information content (AvgIpc) is 3.14. The van der Waals surface area contributed by atoms with Gasteiger partial charge in [-0.15, -0.1) is 0 Å². The summed E-state index contributed by atoms with van der Waals surface area (Å²) in [6.45, 7) is 6.92. The van der Waals surface area contributed by atoms with Crippen molar-refractivity contribution in [1.82, 2.24) is 4.57 Å². The van der Waals surface area contributed by atoms with Crippen molar-refractivity contribution in [1.29, 1.82) is 0 Å². The van der Waals surface area contributed by atoms with Gasteiger partial charge in [-0.3, -0.25) is 4.90 Å². The van der Waals surface area contributed by atoms with Crippen LogP contribution in [-0.4, -0.2) is 35.0 Å². The summed E-state index contributed by atoms with van der Waals surface area (Å²) < 4.78 is 25.6. The van der Waals surface area contributed by atoms with Crippen LogP contribution in [0.2, 0.25) is 0 Å². The minimum Gasteiger partial charge on any atom is -0.441 e. The number of anilines is 1. The number of benzene rings is 1. The molecule has 2 heterocycles. The molecule has 1 amide bonds. The predicted octanol–water partition coefficient (Wildman–Crippen LogP) is 2.17. The average molecular weight is 346 g/mol. The maximum absolute atomic E-state index is 14.6. The molecule has 0 spiro atoms. The normalized spacial score (nSPS) is 16.8. The first-order valence-corrected chi connectivity index (χ1v) is 7.39. The first-order chi connectivity index (χ1) is 12.0. The van der Waals surface area contributed by atoms with Crippen molar-refractivity contribution in [2.24, 2.45) is 0 Å². The molecule has 7 nitrogen and oxygen atoms in total. The van der Waals surface area contributed by atoms with Gasteiger partial charge in [0.05, 0.1) is 30.2 Å². The molecule has 1 aliphatic heterocycles. The molecule has 130 valence electrons. The zero-order valence-corrected chi connectivity index (χ0v) is 13.1. The van der Waals surface area contributed by atoms with Gasteiger partial charge in [0.25, 0.3) is 0 Å². The molecule has 1 atom stereocenters. The van der Waals surface area contributed by atoms with E-state index in [1.807, 2.05) is 0 Å². The quantitative estimate of drug-likeness (QED) is 0.897. The Bertz CT molecular complexity index is 914. The van der Waals surface area contributed by atoms with Crippen molar-refractivity contribution < 1.29 is 23.4 Å². The van der Waals surface area contributed by atoms with Crippen molar-refractivity contribution >= 4 is 23.9 Å². The first-order valence-electron chi connectivity index (χ1n) is 7.39. The van der Waals surface area contributed by atoms with Gasteiger partial charge in [0.1, 0.15) is 11.9 Å². The summed E-state index contributed by atoms with van der Waals surface area (Å²) in [4.78, 5) is 25.0. The van der Waals surface area contributed by atoms with Crippen molar-refractivity contribution in [3.63, 3.8) is 0 Å². The van der Waals surface area contributed by atoms with Gasteiger partial charge in [-0.05, 0) is 30.4 Å². The fourth-order valence-corrected chi connectivity index (χ4v) is 2.64. The standard InChI is InChI=1S/C17H15FN2O5/c1-3-13-15(4-2)25-17(23)20(13)14-6-5-10(7-12(14)18)19-8-11(9-21)24-16(19)22/h3-7,11,21H,1-2,8-9H2/t11-/m1/s1. The number of amides is 1. The van der Waals surface area contributed by atoms with Gasteiger partial charge in [0.15, 0.2) is 5.76 Å². The fourth-order valence-electron chi connectivity index (χ4n) is 2.64. The van der Waals surface area contributed by atoms with Gasteiger partial charge in [0.2, 0.25) is 0 Å². The number of aliphatic hydroxyl groups is 1. The Labute approximate surface area is 141 Å². The molecule has 0 radical (unpaired) electrons. The number of carbonyl (C=O) groups excluding carboxylic acids is 1. The van der Waals surface area contributed by atoms with Crippen molar-refractivity contribution in [3.8, 4) is 5.69 Å². The maximum atomic E-state index is 14.6. The summed E-state index contributed by atoms with van der Waals surface area (Å²) in [7, 11) is 0. The van der Waals surface area contributed by atoms with Gasteiger partial charge in [-0.2, -0.15) is 0 Å². The van der Waals surface area contributed by atoms with Crippen molar-refractivity contribution in [2.45, 2.75) is 6.10 Å². The molecule has 1 aromatic carbocycles. The Kier molecular flexibility index (Phi) is 4.28. The lowest BCUT2D eigenvalue weighted by Crippen LogP contribution is -2.25. The highest BCUT2D eigenvalue weighted by Crippen LogP contribution is 2.26. The molecule has 1 saturated heterocycles. The smallest absolute Gasteiger partial charge is 0.424 e. The van der Waals surface area contributed by atoms with Gasteiger partial charge in [0, 0.05) is 0 Å². The number of ether oxygens (including phenoxy) is 1. The largest absolute Gasteiger partial charge is 0.441 e. The van der Waals surface area contributed by atoms with E-state index in [9.17, 15) is 14.0 Å². The lowest BCUT2D eigenvalue weighted by atomic mass is 10.2. The topological polar surface area (TPSA) is 84.9 Å². The van der Waals surface area contributed by atoms with E-state index in [-0.39, 0.29) is 36.0 Å². The highest BCUT2D eigenvalue weighted by atomic mass is 19.1. The van der Waals surface area contributed by atoms with E-state index in [0.717, 1.165) is 10.6 Å². The van der Waals surface area contributed by atoms with Crippen molar-refractivity contribution in [2.75, 3.05) is 18.1 Å². The van der Waals surface area contributed by atoms with Crippen LogP contribution in [-0.2, 0) is 4.74 Å². The minimum absolute atomic E-state index is 0.0493. The molecule has 0 saturated carbocycles. The van der Waals surface area contributed by atoms with E-state index in [4.69, 9.17) is 14.3 Å². The number of hydrogen-bond donors (Lipinski definition) is 1. The summed E-state index contributed by atoms with van der Waals surface area (Å²) >= 11 is 0. The van der Waals surface area contributed by atoms with Crippen LogP contribution in [0.1, 0.15) is 11.5 Å². The Morgan fingerprint density at radius 3 is 2.64 bits per heavy atom. The monoisotopic (exact) mass is 346 g/mol. The number of aliphatic hydroxyl groups excluding tert-OH is 1. The summed E-state index contributed by atoms with van der Waals surface area (Å²) in [6, 6.07) is 3.93. The first kappa shape index (κ1) is 16.7. The number of rotatable bonds is 5. The zero-order chi connectivity index (χ0) is 18.1. The number of aromatic nitrogens is 1. The van der Waals surface area contributed by atoms with Crippen LogP contribution in [0.3, 0.4) is 0 Å². The Morgan fingerprint density at radius 2 is 2.08 bits per heavy atom. The molecule has 0 bridgehead atoms. The molecule has 0 aliphatic carbocycles. The molecule has 1 fully saturated rings. The summed E-state index contributed by atoms with van der Waals surface area (Å²) in [5, 5.41) is 9.07. The molecule has 0 unspecified atom stereocenters. The SMILES string of the molecule is C=Cc1oc(=O)n(-c2ccc(N3C[C@H](CO)OC3=O)cc2F)c1C=C. The number of nitrogens with zero attached hydrogens (tertiary/aromatic N) is 2. The summed E-state index contributed by atoms with van der Waals surface area (Å²) in [6.07, 6.45) is 1.36. The third kappa shape index (κ3) is 2.76. The second-order valence-corrected chi connectivity index (χ2v) is 5.30. The predicted molar refractivity (Wildman–Crippen MR) is 89.1 cm³/mol. The number of oxazole rings is 1. The lowest BCUT2D eigenvalue weighted by molar-refractivity contribution is 0.0963. The highest BCUT2D eigenvalue weighted by molar-refractivity contribution is 5.89. The maximum Gasteiger partial charge on any atom is 0.424 e. The third-order valence-corrected chi connectivity index (χ3v) is 3.81. The molecular weight excluding hydrogens is 331 g/mol. The third-order valence-electron chi connectivity index (χ3n) is 3.81. The second kappa shape index (κ2) is 6.40. The number of cyclic esters (lactones) is 1. The summed E-state index contributed by atoms with van der Waals surface area (Å²) in [5.41, 5.74) is 0.474. The van der Waals surface area contributed by atoms with Crippen molar-refractivity contribution in [3.05, 3.63) is 59.2 Å². The van der Waals surface area contributed by atoms with Crippen LogP contribution in [0.5, 0.6) is 0 Å². The zero-order valence-electron chi connectivity index (χ0n) is 13.1. The highest BCUT2D eigenvalue weighted by Gasteiger charge is 2.32. The lowest BCUT2D eigenvalue weighted by Gasteiger charge is -2.14. The molecular formula is C17H15FN2O5. The Morgan fingerprint density at radius 1 is 1.32 bits per heavy atom. The van der Waals surface area contributed by atoms with Crippen LogP contribution in [0, 0.1) is 5.82 Å².